The molecule has 0 radical (unpaired) electrons. The zero-order valence-electron chi connectivity index (χ0n) is 14.5. The minimum Gasteiger partial charge on any atom is -0.451 e. The van der Waals surface area contributed by atoms with Crippen LogP contribution in [0.25, 0.3) is 31.8 Å². The number of carbonyl (C=O) groups excluding carboxylic acids is 1. The SMILES string of the molecule is O=C(Nc1ccc(-c2nc3ccccc3s2)c(Cl)c1)c1cc2ccccc2o1. The molecule has 0 saturated heterocycles. The highest BCUT2D eigenvalue weighted by molar-refractivity contribution is 7.21. The molecule has 0 saturated carbocycles. The van der Waals surface area contributed by atoms with Crippen LogP contribution >= 0.6 is 22.9 Å². The summed E-state index contributed by atoms with van der Waals surface area (Å²) in [6.45, 7) is 0. The number of hydrogen-bond acceptors (Lipinski definition) is 4. The number of anilines is 1. The summed E-state index contributed by atoms with van der Waals surface area (Å²) in [5.41, 5.74) is 3.06. The number of aromatic nitrogens is 1. The molecular weight excluding hydrogens is 392 g/mol. The van der Waals surface area contributed by atoms with Gasteiger partial charge >= 0.3 is 0 Å². The van der Waals surface area contributed by atoms with Crippen molar-refractivity contribution in [3.8, 4) is 10.6 Å². The molecular formula is C22H13ClN2O2S. The minimum absolute atomic E-state index is 0.257. The first kappa shape index (κ1) is 17.0. The molecule has 3 aromatic carbocycles. The van der Waals surface area contributed by atoms with Crippen LogP contribution in [0.15, 0.2) is 77.2 Å². The third kappa shape index (κ3) is 3.05. The van der Waals surface area contributed by atoms with Crippen LogP contribution < -0.4 is 5.32 Å². The van der Waals surface area contributed by atoms with Gasteiger partial charge in [-0.1, -0.05) is 41.9 Å². The number of halogens is 1. The Morgan fingerprint density at radius 3 is 2.64 bits per heavy atom. The Hall–Kier alpha value is -3.15. The molecule has 0 aliphatic heterocycles. The zero-order chi connectivity index (χ0) is 19.1. The van der Waals surface area contributed by atoms with E-state index in [9.17, 15) is 4.79 Å². The van der Waals surface area contributed by atoms with Gasteiger partial charge in [-0.2, -0.15) is 0 Å². The van der Waals surface area contributed by atoms with Gasteiger partial charge in [0.05, 0.1) is 15.2 Å². The van der Waals surface area contributed by atoms with Crippen LogP contribution in [0.2, 0.25) is 5.02 Å². The van der Waals surface area contributed by atoms with E-state index in [1.54, 1.807) is 23.5 Å². The van der Waals surface area contributed by atoms with E-state index < -0.39 is 0 Å². The number of para-hydroxylation sites is 2. The number of fused-ring (bicyclic) bond motifs is 2. The smallest absolute Gasteiger partial charge is 0.291 e. The fourth-order valence-corrected chi connectivity index (χ4v) is 4.37. The van der Waals surface area contributed by atoms with Gasteiger partial charge < -0.3 is 9.73 Å². The Kier molecular flexibility index (Phi) is 4.11. The number of furan rings is 1. The van der Waals surface area contributed by atoms with Crippen molar-refractivity contribution < 1.29 is 9.21 Å². The standard InChI is InChI=1S/C22H13ClN2O2S/c23-16-12-14(24-21(26)19-11-13-5-1-3-7-18(13)27-19)9-10-15(16)22-25-17-6-2-4-8-20(17)28-22/h1-12H,(H,24,26). The molecule has 4 nitrogen and oxygen atoms in total. The van der Waals surface area contributed by atoms with Crippen LogP contribution in [0.4, 0.5) is 5.69 Å². The van der Waals surface area contributed by atoms with E-state index in [2.05, 4.69) is 10.3 Å². The predicted octanol–water partition coefficient (Wildman–Crippen LogP) is 6.62. The Balaban J connectivity index is 1.42. The Morgan fingerprint density at radius 2 is 1.82 bits per heavy atom. The number of benzene rings is 3. The average Bonchev–Trinajstić information content (AvgIpc) is 3.32. The molecule has 0 aliphatic carbocycles. The maximum atomic E-state index is 12.5. The molecule has 0 spiro atoms. The number of nitrogens with one attached hydrogen (secondary N) is 1. The first-order valence-electron chi connectivity index (χ1n) is 8.63. The lowest BCUT2D eigenvalue weighted by atomic mass is 10.2. The lowest BCUT2D eigenvalue weighted by Gasteiger charge is -2.06. The highest BCUT2D eigenvalue weighted by Crippen LogP contribution is 2.35. The average molecular weight is 405 g/mol. The van der Waals surface area contributed by atoms with Gasteiger partial charge in [0, 0.05) is 16.6 Å². The maximum Gasteiger partial charge on any atom is 0.291 e. The molecule has 2 aromatic heterocycles. The van der Waals surface area contributed by atoms with Crippen LogP contribution in [0.5, 0.6) is 0 Å². The van der Waals surface area contributed by atoms with Gasteiger partial charge in [0.25, 0.3) is 5.91 Å². The van der Waals surface area contributed by atoms with Gasteiger partial charge in [-0.15, -0.1) is 11.3 Å². The largest absolute Gasteiger partial charge is 0.451 e. The molecule has 5 rings (SSSR count). The van der Waals surface area contributed by atoms with Crippen LogP contribution in [0, 0.1) is 0 Å². The third-order valence-electron chi connectivity index (χ3n) is 4.40. The second-order valence-corrected chi connectivity index (χ2v) is 7.72. The van der Waals surface area contributed by atoms with Crippen molar-refractivity contribution >= 4 is 55.7 Å². The molecule has 1 N–H and O–H groups in total. The van der Waals surface area contributed by atoms with Crippen molar-refractivity contribution in [1.29, 1.82) is 0 Å². The molecule has 0 bridgehead atoms. The number of nitrogens with zero attached hydrogens (tertiary/aromatic N) is 1. The lowest BCUT2D eigenvalue weighted by Crippen LogP contribution is -2.10. The fourth-order valence-electron chi connectivity index (χ4n) is 3.04. The molecule has 0 unspecified atom stereocenters. The minimum atomic E-state index is -0.319. The predicted molar refractivity (Wildman–Crippen MR) is 114 cm³/mol. The Morgan fingerprint density at radius 1 is 1.00 bits per heavy atom. The van der Waals surface area contributed by atoms with Crippen molar-refractivity contribution in [1.82, 2.24) is 4.98 Å². The summed E-state index contributed by atoms with van der Waals surface area (Å²) in [5, 5.41) is 5.09. The molecule has 136 valence electrons. The van der Waals surface area contributed by atoms with E-state index in [1.165, 1.54) is 0 Å². The third-order valence-corrected chi connectivity index (χ3v) is 5.78. The number of rotatable bonds is 3. The monoisotopic (exact) mass is 404 g/mol. The molecule has 0 aliphatic rings. The van der Waals surface area contributed by atoms with E-state index in [4.69, 9.17) is 16.0 Å². The Bertz CT molecular complexity index is 1270. The summed E-state index contributed by atoms with van der Waals surface area (Å²) in [5.74, 6) is -0.0624. The van der Waals surface area contributed by atoms with Crippen LogP contribution in [-0.2, 0) is 0 Å². The van der Waals surface area contributed by atoms with Crippen molar-refractivity contribution in [3.05, 3.63) is 83.6 Å². The Labute approximate surface area is 169 Å². The number of thiazole rings is 1. The fraction of sp³-hybridized carbons (Fsp3) is 0. The number of amides is 1. The molecule has 1 amide bonds. The molecule has 0 fully saturated rings. The van der Waals surface area contributed by atoms with Gasteiger partial charge in [0.1, 0.15) is 10.6 Å². The van der Waals surface area contributed by atoms with Crippen molar-refractivity contribution in [2.45, 2.75) is 0 Å². The summed E-state index contributed by atoms with van der Waals surface area (Å²) in [4.78, 5) is 17.1. The molecule has 28 heavy (non-hydrogen) atoms. The quantitative estimate of drug-likeness (QED) is 0.368. The number of hydrogen-bond donors (Lipinski definition) is 1. The van der Waals surface area contributed by atoms with E-state index in [0.717, 1.165) is 26.2 Å². The van der Waals surface area contributed by atoms with E-state index in [-0.39, 0.29) is 11.7 Å². The topological polar surface area (TPSA) is 55.1 Å². The van der Waals surface area contributed by atoms with Gasteiger partial charge in [-0.25, -0.2) is 4.98 Å². The summed E-state index contributed by atoms with van der Waals surface area (Å²) < 4.78 is 6.71. The van der Waals surface area contributed by atoms with Crippen LogP contribution in [0.1, 0.15) is 10.6 Å². The second-order valence-electron chi connectivity index (χ2n) is 6.28. The first-order chi connectivity index (χ1) is 13.7. The highest BCUT2D eigenvalue weighted by atomic mass is 35.5. The van der Waals surface area contributed by atoms with Crippen LogP contribution in [0.3, 0.4) is 0 Å². The number of carbonyl (C=O) groups is 1. The lowest BCUT2D eigenvalue weighted by molar-refractivity contribution is 0.0998. The molecule has 0 atom stereocenters. The summed E-state index contributed by atoms with van der Waals surface area (Å²) in [6, 6.07) is 22.6. The normalized spacial score (nSPS) is 11.2. The summed E-state index contributed by atoms with van der Waals surface area (Å²) >= 11 is 8.06. The van der Waals surface area contributed by atoms with Gasteiger partial charge in [-0.3, -0.25) is 4.79 Å². The molecule has 6 heteroatoms. The summed E-state index contributed by atoms with van der Waals surface area (Å²) in [6.07, 6.45) is 0. The van der Waals surface area contributed by atoms with E-state index in [0.29, 0.717) is 16.3 Å². The first-order valence-corrected chi connectivity index (χ1v) is 9.82. The van der Waals surface area contributed by atoms with Crippen LogP contribution in [-0.4, -0.2) is 10.9 Å². The van der Waals surface area contributed by atoms with E-state index >= 15 is 0 Å². The van der Waals surface area contributed by atoms with Gasteiger partial charge in [0.15, 0.2) is 5.76 Å². The highest BCUT2D eigenvalue weighted by Gasteiger charge is 2.14. The van der Waals surface area contributed by atoms with Crippen molar-refractivity contribution in [2.75, 3.05) is 5.32 Å². The van der Waals surface area contributed by atoms with Crippen molar-refractivity contribution in [2.24, 2.45) is 0 Å². The summed E-state index contributed by atoms with van der Waals surface area (Å²) in [7, 11) is 0. The zero-order valence-corrected chi connectivity index (χ0v) is 16.1. The molecule has 2 heterocycles. The van der Waals surface area contributed by atoms with Gasteiger partial charge in [-0.05, 0) is 42.5 Å². The van der Waals surface area contributed by atoms with Gasteiger partial charge in [0.2, 0.25) is 0 Å². The maximum absolute atomic E-state index is 12.5. The molecule has 5 aromatic rings. The second kappa shape index (κ2) is 6.78. The van der Waals surface area contributed by atoms with E-state index in [1.807, 2.05) is 60.7 Å². The van der Waals surface area contributed by atoms with Crippen molar-refractivity contribution in [3.63, 3.8) is 0 Å².